The first-order chi connectivity index (χ1) is 14.5. The summed E-state index contributed by atoms with van der Waals surface area (Å²) in [5, 5.41) is 0. The average Bonchev–Trinajstić information content (AvgIpc) is 2.77. The number of hydrogen-bond acceptors (Lipinski definition) is 4. The maximum Gasteiger partial charge on any atom is 0.306 e. The molecular weight excluding hydrogens is 376 g/mol. The molecule has 4 heteroatoms. The number of carbonyl (C=O) groups excluding carboxylic acids is 2. The molecule has 0 radical (unpaired) electrons. The van der Waals surface area contributed by atoms with E-state index < -0.39 is 0 Å². The van der Waals surface area contributed by atoms with E-state index in [1.165, 1.54) is 0 Å². The number of benzene rings is 3. The van der Waals surface area contributed by atoms with E-state index in [-0.39, 0.29) is 5.97 Å². The van der Waals surface area contributed by atoms with Crippen molar-refractivity contribution >= 4 is 12.3 Å². The van der Waals surface area contributed by atoms with Crippen molar-refractivity contribution in [1.82, 2.24) is 0 Å². The lowest BCUT2D eigenvalue weighted by Crippen LogP contribution is -2.06. The summed E-state index contributed by atoms with van der Waals surface area (Å²) in [5.74, 6) is 0.560. The highest BCUT2D eigenvalue weighted by Crippen LogP contribution is 2.32. The van der Waals surface area contributed by atoms with E-state index in [9.17, 15) is 9.59 Å². The molecule has 0 aromatic heterocycles. The Hall–Kier alpha value is -3.40. The Morgan fingerprint density at radius 3 is 2.43 bits per heavy atom. The molecule has 0 N–H and O–H groups in total. The molecule has 0 heterocycles. The van der Waals surface area contributed by atoms with Gasteiger partial charge in [0.15, 0.2) is 0 Å². The highest BCUT2D eigenvalue weighted by atomic mass is 16.5. The lowest BCUT2D eigenvalue weighted by atomic mass is 9.92. The van der Waals surface area contributed by atoms with Crippen LogP contribution in [0.2, 0.25) is 0 Å². The van der Waals surface area contributed by atoms with E-state index in [1.54, 1.807) is 13.2 Å². The first kappa shape index (κ1) is 21.3. The van der Waals surface area contributed by atoms with Crippen LogP contribution in [0.3, 0.4) is 0 Å². The van der Waals surface area contributed by atoms with Gasteiger partial charge in [-0.1, -0.05) is 42.5 Å². The van der Waals surface area contributed by atoms with E-state index in [2.05, 4.69) is 25.1 Å². The second kappa shape index (κ2) is 9.88. The molecule has 0 aliphatic heterocycles. The third kappa shape index (κ3) is 4.95. The fraction of sp³-hybridized carbons (Fsp3) is 0.231. The number of methoxy groups -OCH3 is 1. The van der Waals surface area contributed by atoms with Crippen LogP contribution in [0.1, 0.15) is 34.8 Å². The zero-order chi connectivity index (χ0) is 21.5. The molecule has 0 spiro atoms. The van der Waals surface area contributed by atoms with Crippen molar-refractivity contribution in [2.24, 2.45) is 0 Å². The Kier molecular flexibility index (Phi) is 7.02. The van der Waals surface area contributed by atoms with Crippen molar-refractivity contribution < 1.29 is 19.1 Å². The molecule has 3 aromatic carbocycles. The van der Waals surface area contributed by atoms with Gasteiger partial charge in [0.2, 0.25) is 0 Å². The first-order valence-corrected chi connectivity index (χ1v) is 10.0. The van der Waals surface area contributed by atoms with Crippen molar-refractivity contribution in [1.29, 1.82) is 0 Å². The van der Waals surface area contributed by atoms with Crippen LogP contribution in [0.5, 0.6) is 5.75 Å². The molecular formula is C26H26O4. The van der Waals surface area contributed by atoms with Gasteiger partial charge in [-0.3, -0.25) is 9.59 Å². The summed E-state index contributed by atoms with van der Waals surface area (Å²) in [6.07, 6.45) is 1.76. The summed E-state index contributed by atoms with van der Waals surface area (Å²) in [6, 6.07) is 19.8. The molecule has 4 nitrogen and oxygen atoms in total. The molecule has 154 valence electrons. The van der Waals surface area contributed by atoms with Crippen LogP contribution in [0, 0.1) is 6.92 Å². The van der Waals surface area contributed by atoms with Gasteiger partial charge >= 0.3 is 5.97 Å². The number of aldehydes is 1. The maximum absolute atomic E-state index is 11.8. The highest BCUT2D eigenvalue weighted by molar-refractivity contribution is 5.81. The average molecular weight is 402 g/mol. The second-order valence-electron chi connectivity index (χ2n) is 7.10. The van der Waals surface area contributed by atoms with E-state index in [4.69, 9.17) is 9.47 Å². The summed E-state index contributed by atoms with van der Waals surface area (Å²) in [7, 11) is 1.64. The normalized spacial score (nSPS) is 10.5. The maximum atomic E-state index is 11.8. The van der Waals surface area contributed by atoms with Gasteiger partial charge in [-0.15, -0.1) is 0 Å². The summed E-state index contributed by atoms with van der Waals surface area (Å²) < 4.78 is 10.5. The van der Waals surface area contributed by atoms with Gasteiger partial charge in [0.1, 0.15) is 12.0 Å². The number of esters is 1. The van der Waals surface area contributed by atoms with Crippen molar-refractivity contribution in [2.75, 3.05) is 13.7 Å². The third-order valence-electron chi connectivity index (χ3n) is 5.09. The van der Waals surface area contributed by atoms with Crippen LogP contribution in [0.4, 0.5) is 0 Å². The van der Waals surface area contributed by atoms with Crippen molar-refractivity contribution in [3.05, 3.63) is 77.4 Å². The predicted molar refractivity (Wildman–Crippen MR) is 119 cm³/mol. The third-order valence-corrected chi connectivity index (χ3v) is 5.09. The van der Waals surface area contributed by atoms with Crippen molar-refractivity contribution in [3.8, 4) is 28.0 Å². The molecule has 0 saturated heterocycles. The number of rotatable bonds is 8. The van der Waals surface area contributed by atoms with Gasteiger partial charge in [0.25, 0.3) is 0 Å². The fourth-order valence-electron chi connectivity index (χ4n) is 3.59. The monoisotopic (exact) mass is 402 g/mol. The number of hydrogen-bond donors (Lipinski definition) is 0. The first-order valence-electron chi connectivity index (χ1n) is 10.0. The molecule has 3 aromatic rings. The summed E-state index contributed by atoms with van der Waals surface area (Å²) >= 11 is 0. The number of ether oxygens (including phenoxy) is 2. The SMILES string of the molecule is CCOC(=O)CCc1cc(OC)ccc1-c1ccc(-c2cccc(C=O)c2)c(C)c1. The predicted octanol–water partition coefficient (Wildman–Crippen LogP) is 5.65. The molecule has 30 heavy (non-hydrogen) atoms. The summed E-state index contributed by atoms with van der Waals surface area (Å²) in [6.45, 7) is 4.26. The lowest BCUT2D eigenvalue weighted by Gasteiger charge is -2.14. The highest BCUT2D eigenvalue weighted by Gasteiger charge is 2.12. The van der Waals surface area contributed by atoms with Crippen LogP contribution >= 0.6 is 0 Å². The second-order valence-corrected chi connectivity index (χ2v) is 7.10. The molecule has 0 amide bonds. The minimum absolute atomic E-state index is 0.201. The Morgan fingerprint density at radius 1 is 0.967 bits per heavy atom. The van der Waals surface area contributed by atoms with E-state index in [0.717, 1.165) is 45.4 Å². The number of carbonyl (C=O) groups is 2. The minimum atomic E-state index is -0.201. The van der Waals surface area contributed by atoms with Gasteiger partial charge in [0, 0.05) is 12.0 Å². The van der Waals surface area contributed by atoms with E-state index >= 15 is 0 Å². The number of aryl methyl sites for hydroxylation is 2. The molecule has 0 atom stereocenters. The topological polar surface area (TPSA) is 52.6 Å². The van der Waals surface area contributed by atoms with Gasteiger partial charge in [-0.25, -0.2) is 0 Å². The quantitative estimate of drug-likeness (QED) is 0.361. The minimum Gasteiger partial charge on any atom is -0.497 e. The summed E-state index contributed by atoms with van der Waals surface area (Å²) in [4.78, 5) is 23.0. The molecule has 0 unspecified atom stereocenters. The van der Waals surface area contributed by atoms with Crippen LogP contribution in [-0.2, 0) is 16.0 Å². The van der Waals surface area contributed by atoms with Crippen molar-refractivity contribution in [2.45, 2.75) is 26.7 Å². The van der Waals surface area contributed by atoms with Gasteiger partial charge in [-0.2, -0.15) is 0 Å². The molecule has 0 fully saturated rings. The molecule has 0 aliphatic carbocycles. The van der Waals surface area contributed by atoms with Crippen LogP contribution in [0.25, 0.3) is 22.3 Å². The summed E-state index contributed by atoms with van der Waals surface area (Å²) in [5.41, 5.74) is 7.05. The Labute approximate surface area is 177 Å². The Bertz CT molecular complexity index is 1050. The van der Waals surface area contributed by atoms with Crippen molar-refractivity contribution in [3.63, 3.8) is 0 Å². The smallest absolute Gasteiger partial charge is 0.306 e. The standard InChI is InChI=1S/C26H26O4/c1-4-30-26(28)13-9-22-16-23(29-3)10-12-25(22)21-8-11-24(18(2)14-21)20-7-5-6-19(15-20)17-27/h5-8,10-12,14-17H,4,9,13H2,1-3H3. The van der Waals surface area contributed by atoms with Crippen LogP contribution in [0.15, 0.2) is 60.7 Å². The molecule has 0 aliphatic rings. The van der Waals surface area contributed by atoms with Crippen LogP contribution < -0.4 is 4.74 Å². The Balaban J connectivity index is 1.95. The zero-order valence-corrected chi connectivity index (χ0v) is 17.6. The van der Waals surface area contributed by atoms with Gasteiger partial charge in [0.05, 0.1) is 13.7 Å². The molecule has 0 bridgehead atoms. The van der Waals surface area contributed by atoms with E-state index in [1.807, 2.05) is 43.3 Å². The largest absolute Gasteiger partial charge is 0.497 e. The Morgan fingerprint density at radius 2 is 1.73 bits per heavy atom. The van der Waals surface area contributed by atoms with Crippen LogP contribution in [-0.4, -0.2) is 26.0 Å². The molecule has 3 rings (SSSR count). The zero-order valence-electron chi connectivity index (χ0n) is 17.6. The molecule has 0 saturated carbocycles. The van der Waals surface area contributed by atoms with Gasteiger partial charge < -0.3 is 9.47 Å². The van der Waals surface area contributed by atoms with Gasteiger partial charge in [-0.05, 0) is 71.8 Å². The van der Waals surface area contributed by atoms with E-state index in [0.29, 0.717) is 25.0 Å². The lowest BCUT2D eigenvalue weighted by molar-refractivity contribution is -0.143. The fourth-order valence-corrected chi connectivity index (χ4v) is 3.59.